The van der Waals surface area contributed by atoms with Gasteiger partial charge in [-0.05, 0) is 42.2 Å². The van der Waals surface area contributed by atoms with Crippen LogP contribution in [0.15, 0.2) is 72.8 Å². The first-order chi connectivity index (χ1) is 14.9. The summed E-state index contributed by atoms with van der Waals surface area (Å²) in [7, 11) is 0. The monoisotopic (exact) mass is 418 g/mol. The standard InChI is InChI=1S/C24H22N2O5/c1-16-13-20(21(26(29)30)14-17(16)2)25-22(27)15-31-24(28)23(18-9-5-3-6-10-18)19-11-7-4-8-12-19/h3-14,23H,15H2,1-2H3,(H,25,27). The van der Waals surface area contributed by atoms with Crippen molar-refractivity contribution in [1.82, 2.24) is 0 Å². The minimum absolute atomic E-state index is 0.0665. The molecular formula is C24H22N2O5. The number of nitrogens with one attached hydrogen (secondary N) is 1. The smallest absolute Gasteiger partial charge is 0.318 e. The van der Waals surface area contributed by atoms with E-state index >= 15 is 0 Å². The third kappa shape index (κ3) is 5.33. The molecule has 7 heteroatoms. The number of hydrogen-bond donors (Lipinski definition) is 1. The van der Waals surface area contributed by atoms with Crippen molar-refractivity contribution in [1.29, 1.82) is 0 Å². The van der Waals surface area contributed by atoms with Crippen molar-refractivity contribution in [3.05, 3.63) is 105 Å². The van der Waals surface area contributed by atoms with Gasteiger partial charge in [-0.25, -0.2) is 0 Å². The predicted octanol–water partition coefficient (Wildman–Crippen LogP) is 4.53. The van der Waals surface area contributed by atoms with Gasteiger partial charge in [0.15, 0.2) is 6.61 Å². The molecule has 0 heterocycles. The van der Waals surface area contributed by atoms with E-state index in [1.54, 1.807) is 13.8 Å². The summed E-state index contributed by atoms with van der Waals surface area (Å²) in [5.41, 5.74) is 2.87. The molecule has 31 heavy (non-hydrogen) atoms. The molecule has 0 atom stereocenters. The Balaban J connectivity index is 1.74. The molecule has 1 N–H and O–H groups in total. The average Bonchev–Trinajstić information content (AvgIpc) is 2.76. The lowest BCUT2D eigenvalue weighted by molar-refractivity contribution is -0.384. The summed E-state index contributed by atoms with van der Waals surface area (Å²) in [5.74, 6) is -1.92. The highest BCUT2D eigenvalue weighted by Crippen LogP contribution is 2.28. The lowest BCUT2D eigenvalue weighted by Crippen LogP contribution is -2.25. The maximum Gasteiger partial charge on any atom is 0.318 e. The van der Waals surface area contributed by atoms with Gasteiger partial charge in [0.05, 0.1) is 4.92 Å². The Kier molecular flexibility index (Phi) is 6.77. The number of nitro benzene ring substituents is 1. The van der Waals surface area contributed by atoms with Crippen LogP contribution in [-0.2, 0) is 14.3 Å². The number of nitrogens with zero attached hydrogens (tertiary/aromatic N) is 1. The molecule has 3 aromatic carbocycles. The Bertz CT molecular complexity index is 1060. The lowest BCUT2D eigenvalue weighted by atomic mass is 9.91. The fourth-order valence-electron chi connectivity index (χ4n) is 3.21. The fraction of sp³-hybridized carbons (Fsp3) is 0.167. The van der Waals surface area contributed by atoms with Crippen LogP contribution >= 0.6 is 0 Å². The van der Waals surface area contributed by atoms with E-state index in [-0.39, 0.29) is 11.4 Å². The number of benzene rings is 3. The van der Waals surface area contributed by atoms with Crippen LogP contribution in [0.5, 0.6) is 0 Å². The largest absolute Gasteiger partial charge is 0.455 e. The van der Waals surface area contributed by atoms with E-state index in [9.17, 15) is 19.7 Å². The number of aryl methyl sites for hydroxylation is 2. The molecular weight excluding hydrogens is 396 g/mol. The van der Waals surface area contributed by atoms with Gasteiger partial charge in [-0.15, -0.1) is 0 Å². The summed E-state index contributed by atoms with van der Waals surface area (Å²) in [6.07, 6.45) is 0. The Morgan fingerprint density at radius 2 is 1.45 bits per heavy atom. The number of nitro groups is 1. The third-order valence-corrected chi connectivity index (χ3v) is 4.93. The molecule has 0 aromatic heterocycles. The Hall–Kier alpha value is -4.00. The molecule has 1 amide bonds. The van der Waals surface area contributed by atoms with Gasteiger partial charge in [-0.1, -0.05) is 60.7 Å². The molecule has 0 aliphatic heterocycles. The van der Waals surface area contributed by atoms with Gasteiger partial charge in [0.1, 0.15) is 11.6 Å². The highest BCUT2D eigenvalue weighted by Gasteiger charge is 2.25. The maximum absolute atomic E-state index is 12.9. The second-order valence-corrected chi connectivity index (χ2v) is 7.12. The number of carbonyl (C=O) groups excluding carboxylic acids is 2. The van der Waals surface area contributed by atoms with Crippen LogP contribution in [0.25, 0.3) is 0 Å². The van der Waals surface area contributed by atoms with Gasteiger partial charge >= 0.3 is 5.97 Å². The molecule has 3 rings (SSSR count). The summed E-state index contributed by atoms with van der Waals surface area (Å²) >= 11 is 0. The van der Waals surface area contributed by atoms with Gasteiger partial charge in [0.2, 0.25) is 0 Å². The predicted molar refractivity (Wildman–Crippen MR) is 117 cm³/mol. The van der Waals surface area contributed by atoms with E-state index in [1.807, 2.05) is 60.7 Å². The second-order valence-electron chi connectivity index (χ2n) is 7.12. The molecule has 0 radical (unpaired) electrons. The van der Waals surface area contributed by atoms with Crippen molar-refractivity contribution in [3.8, 4) is 0 Å². The summed E-state index contributed by atoms with van der Waals surface area (Å²) in [4.78, 5) is 36.0. The van der Waals surface area contributed by atoms with Gasteiger partial charge in [-0.2, -0.15) is 0 Å². The molecule has 0 unspecified atom stereocenters. The summed E-state index contributed by atoms with van der Waals surface area (Å²) in [6.45, 7) is 2.99. The van der Waals surface area contributed by atoms with Crippen LogP contribution in [0.1, 0.15) is 28.2 Å². The number of rotatable bonds is 7. The fourth-order valence-corrected chi connectivity index (χ4v) is 3.21. The summed E-state index contributed by atoms with van der Waals surface area (Å²) in [5, 5.41) is 13.8. The first kappa shape index (κ1) is 21.7. The minimum Gasteiger partial charge on any atom is -0.455 e. The average molecular weight is 418 g/mol. The number of amides is 1. The van der Waals surface area contributed by atoms with Crippen molar-refractivity contribution in [2.45, 2.75) is 19.8 Å². The van der Waals surface area contributed by atoms with E-state index in [4.69, 9.17) is 4.74 Å². The Labute approximate surface area is 179 Å². The zero-order valence-electron chi connectivity index (χ0n) is 17.2. The maximum atomic E-state index is 12.9. The molecule has 0 saturated heterocycles. The highest BCUT2D eigenvalue weighted by atomic mass is 16.6. The number of carbonyl (C=O) groups is 2. The van der Waals surface area contributed by atoms with Gasteiger partial charge in [0, 0.05) is 6.07 Å². The topological polar surface area (TPSA) is 98.5 Å². The van der Waals surface area contributed by atoms with Crippen LogP contribution in [0.3, 0.4) is 0 Å². The van der Waals surface area contributed by atoms with Gasteiger partial charge in [-0.3, -0.25) is 19.7 Å². The van der Waals surface area contributed by atoms with Crippen LogP contribution < -0.4 is 5.32 Å². The van der Waals surface area contributed by atoms with Crippen molar-refractivity contribution < 1.29 is 19.2 Å². The molecule has 0 bridgehead atoms. The zero-order valence-corrected chi connectivity index (χ0v) is 17.2. The Morgan fingerprint density at radius 3 is 1.97 bits per heavy atom. The first-order valence-electron chi connectivity index (χ1n) is 9.69. The molecule has 7 nitrogen and oxygen atoms in total. The summed E-state index contributed by atoms with van der Waals surface area (Å²) < 4.78 is 5.28. The SMILES string of the molecule is Cc1cc(NC(=O)COC(=O)C(c2ccccc2)c2ccccc2)c([N+](=O)[O-])cc1C. The van der Waals surface area contributed by atoms with Crippen LogP contribution in [0.2, 0.25) is 0 Å². The van der Waals surface area contributed by atoms with E-state index in [2.05, 4.69) is 5.32 Å². The highest BCUT2D eigenvalue weighted by molar-refractivity contribution is 5.95. The van der Waals surface area contributed by atoms with E-state index in [0.717, 1.165) is 22.3 Å². The second kappa shape index (κ2) is 9.67. The molecule has 158 valence electrons. The van der Waals surface area contributed by atoms with Crippen LogP contribution in [-0.4, -0.2) is 23.4 Å². The van der Waals surface area contributed by atoms with Crippen LogP contribution in [0, 0.1) is 24.0 Å². The molecule has 0 aliphatic rings. The minimum atomic E-state index is -0.689. The van der Waals surface area contributed by atoms with Crippen molar-refractivity contribution in [2.75, 3.05) is 11.9 Å². The van der Waals surface area contributed by atoms with Gasteiger partial charge in [0.25, 0.3) is 11.6 Å². The third-order valence-electron chi connectivity index (χ3n) is 4.93. The number of hydrogen-bond acceptors (Lipinski definition) is 5. The molecule has 0 fully saturated rings. The van der Waals surface area contributed by atoms with E-state index in [0.29, 0.717) is 0 Å². The van der Waals surface area contributed by atoms with Crippen molar-refractivity contribution >= 4 is 23.3 Å². The molecule has 3 aromatic rings. The number of ether oxygens (including phenoxy) is 1. The first-order valence-corrected chi connectivity index (χ1v) is 9.69. The summed E-state index contributed by atoms with van der Waals surface area (Å²) in [6, 6.07) is 21.2. The quantitative estimate of drug-likeness (QED) is 0.345. The van der Waals surface area contributed by atoms with Crippen LogP contribution in [0.4, 0.5) is 11.4 Å². The van der Waals surface area contributed by atoms with Gasteiger partial charge < -0.3 is 10.1 Å². The molecule has 0 aliphatic carbocycles. The Morgan fingerprint density at radius 1 is 0.935 bits per heavy atom. The number of anilines is 1. The van der Waals surface area contributed by atoms with E-state index in [1.165, 1.54) is 12.1 Å². The zero-order chi connectivity index (χ0) is 22.4. The normalized spacial score (nSPS) is 10.5. The lowest BCUT2D eigenvalue weighted by Gasteiger charge is -2.17. The van der Waals surface area contributed by atoms with E-state index < -0.39 is 29.3 Å². The van der Waals surface area contributed by atoms with Crippen molar-refractivity contribution in [3.63, 3.8) is 0 Å². The molecule has 0 spiro atoms. The molecule has 0 saturated carbocycles. The number of esters is 1. The van der Waals surface area contributed by atoms with Crippen molar-refractivity contribution in [2.24, 2.45) is 0 Å².